The molecule has 0 heterocycles. The molecule has 0 radical (unpaired) electrons. The maximum absolute atomic E-state index is 12.4. The fourth-order valence-electron chi connectivity index (χ4n) is 2.37. The van der Waals surface area contributed by atoms with Gasteiger partial charge in [-0.05, 0) is 48.9 Å². The van der Waals surface area contributed by atoms with Crippen LogP contribution >= 0.6 is 0 Å². The molecule has 0 fully saturated rings. The van der Waals surface area contributed by atoms with Crippen molar-refractivity contribution in [3.63, 3.8) is 0 Å². The van der Waals surface area contributed by atoms with Crippen molar-refractivity contribution in [3.8, 4) is 0 Å². The number of hydrogen-bond donors (Lipinski definition) is 3. The molecule has 0 aliphatic carbocycles. The van der Waals surface area contributed by atoms with Gasteiger partial charge in [-0.3, -0.25) is 9.59 Å². The summed E-state index contributed by atoms with van der Waals surface area (Å²) >= 11 is 0. The van der Waals surface area contributed by atoms with Crippen LogP contribution in [0.15, 0.2) is 53.4 Å². The molecule has 0 bridgehead atoms. The van der Waals surface area contributed by atoms with Gasteiger partial charge in [-0.25, -0.2) is 17.9 Å². The van der Waals surface area contributed by atoms with E-state index in [1.165, 1.54) is 36.4 Å². The van der Waals surface area contributed by atoms with Crippen LogP contribution in [-0.2, 0) is 24.3 Å². The van der Waals surface area contributed by atoms with Gasteiger partial charge < -0.3 is 15.8 Å². The zero-order valence-electron chi connectivity index (χ0n) is 15.8. The highest BCUT2D eigenvalue weighted by Gasteiger charge is 2.22. The van der Waals surface area contributed by atoms with E-state index in [1.54, 1.807) is 19.1 Å². The summed E-state index contributed by atoms with van der Waals surface area (Å²) in [4.78, 5) is 35.5. The molecule has 1 atom stereocenters. The first kappa shape index (κ1) is 21.9. The number of amides is 2. The Balaban J connectivity index is 2.05. The number of carbonyl (C=O) groups is 3. The number of nitrogens with one attached hydrogen (secondary N) is 2. The van der Waals surface area contributed by atoms with E-state index in [0.717, 1.165) is 6.92 Å². The third-order valence-electron chi connectivity index (χ3n) is 3.75. The van der Waals surface area contributed by atoms with Gasteiger partial charge in [0.2, 0.25) is 5.91 Å². The topological polar surface area (TPSA) is 145 Å². The van der Waals surface area contributed by atoms with Crippen molar-refractivity contribution in [2.24, 2.45) is 0 Å². The molecule has 9 nitrogen and oxygen atoms in total. The van der Waals surface area contributed by atoms with Crippen LogP contribution in [0.3, 0.4) is 0 Å². The second-order valence-electron chi connectivity index (χ2n) is 6.10. The Morgan fingerprint density at radius 3 is 2.31 bits per heavy atom. The molecule has 2 aromatic carbocycles. The zero-order valence-corrected chi connectivity index (χ0v) is 16.7. The van der Waals surface area contributed by atoms with Crippen LogP contribution in [0.1, 0.15) is 30.6 Å². The van der Waals surface area contributed by atoms with Crippen molar-refractivity contribution >= 4 is 39.2 Å². The highest BCUT2D eigenvalue weighted by atomic mass is 32.2. The summed E-state index contributed by atoms with van der Waals surface area (Å²) in [5.74, 6) is -1.96. The van der Waals surface area contributed by atoms with Crippen LogP contribution in [0.25, 0.3) is 0 Å². The number of hydrogen-bond acceptors (Lipinski definition) is 7. The molecule has 10 heteroatoms. The van der Waals surface area contributed by atoms with Crippen molar-refractivity contribution in [3.05, 3.63) is 54.1 Å². The van der Waals surface area contributed by atoms with Crippen molar-refractivity contribution in [2.45, 2.75) is 31.3 Å². The largest absolute Gasteiger partial charge is 0.449 e. The van der Waals surface area contributed by atoms with Crippen molar-refractivity contribution < 1.29 is 27.5 Å². The number of nitrogen functional groups attached to an aromatic ring is 1. The van der Waals surface area contributed by atoms with Gasteiger partial charge in [-0.15, -0.1) is 0 Å². The molecule has 2 rings (SSSR count). The van der Waals surface area contributed by atoms with Crippen LogP contribution in [-0.4, -0.2) is 32.3 Å². The highest BCUT2D eigenvalue weighted by Crippen LogP contribution is 2.16. The molecule has 0 aliphatic heterocycles. The Kier molecular flexibility index (Phi) is 6.94. The predicted octanol–water partition coefficient (Wildman–Crippen LogP) is 1.67. The number of anilines is 2. The first-order valence-electron chi connectivity index (χ1n) is 8.63. The fourth-order valence-corrected chi connectivity index (χ4v) is 3.36. The van der Waals surface area contributed by atoms with Gasteiger partial charge >= 0.3 is 5.97 Å². The van der Waals surface area contributed by atoms with E-state index in [2.05, 4.69) is 5.32 Å². The summed E-state index contributed by atoms with van der Waals surface area (Å²) in [5, 5.41) is 2.56. The Bertz CT molecular complexity index is 1020. The minimum atomic E-state index is -3.97. The molecule has 0 aliphatic rings. The van der Waals surface area contributed by atoms with Crippen LogP contribution in [0.4, 0.5) is 11.4 Å². The monoisotopic (exact) mass is 419 g/mol. The molecule has 2 amide bonds. The molecule has 0 aromatic heterocycles. The molecule has 2 aromatic rings. The van der Waals surface area contributed by atoms with Crippen LogP contribution < -0.4 is 15.8 Å². The first-order chi connectivity index (χ1) is 13.6. The number of nitrogens with two attached hydrogens (primary N) is 1. The van der Waals surface area contributed by atoms with E-state index in [0.29, 0.717) is 11.4 Å². The Morgan fingerprint density at radius 2 is 1.76 bits per heavy atom. The lowest BCUT2D eigenvalue weighted by molar-refractivity contribution is -0.124. The molecule has 0 saturated heterocycles. The number of rotatable bonds is 7. The second-order valence-corrected chi connectivity index (χ2v) is 7.79. The summed E-state index contributed by atoms with van der Waals surface area (Å²) in [6.45, 7) is 2.77. The third-order valence-corrected chi connectivity index (χ3v) is 5.19. The Labute approximate surface area is 168 Å². The lowest BCUT2D eigenvalue weighted by Gasteiger charge is -2.16. The van der Waals surface area contributed by atoms with E-state index in [1.807, 2.05) is 4.72 Å². The maximum Gasteiger partial charge on any atom is 0.338 e. The van der Waals surface area contributed by atoms with Gasteiger partial charge in [0.15, 0.2) is 6.10 Å². The van der Waals surface area contributed by atoms with Gasteiger partial charge in [0, 0.05) is 18.3 Å². The lowest BCUT2D eigenvalue weighted by atomic mass is 10.2. The number of carbonyl (C=O) groups excluding carboxylic acids is 3. The summed E-state index contributed by atoms with van der Waals surface area (Å²) in [6.07, 6.45) is -0.818. The SMILES string of the molecule is CCC(OC(=O)c1cccc(N)c1)C(=O)Nc1ccc(S(=O)(=O)NC(C)=O)cc1. The maximum atomic E-state index is 12.4. The van der Waals surface area contributed by atoms with Crippen molar-refractivity contribution in [1.82, 2.24) is 4.72 Å². The zero-order chi connectivity index (χ0) is 21.6. The molecule has 1 unspecified atom stereocenters. The lowest BCUT2D eigenvalue weighted by Crippen LogP contribution is -2.32. The quantitative estimate of drug-likeness (QED) is 0.457. The second kappa shape index (κ2) is 9.20. The van der Waals surface area contributed by atoms with Crippen molar-refractivity contribution in [1.29, 1.82) is 0 Å². The molecular formula is C19H21N3O6S. The molecule has 154 valence electrons. The van der Waals surface area contributed by atoms with E-state index in [9.17, 15) is 22.8 Å². The molecule has 29 heavy (non-hydrogen) atoms. The molecular weight excluding hydrogens is 398 g/mol. The van der Waals surface area contributed by atoms with Crippen LogP contribution in [0.2, 0.25) is 0 Å². The minimum absolute atomic E-state index is 0.133. The minimum Gasteiger partial charge on any atom is -0.449 e. The summed E-state index contributed by atoms with van der Waals surface area (Å²) < 4.78 is 30.9. The number of esters is 1. The number of benzene rings is 2. The Hall–Kier alpha value is -3.40. The smallest absolute Gasteiger partial charge is 0.338 e. The number of sulfonamides is 1. The van der Waals surface area contributed by atoms with Crippen molar-refractivity contribution in [2.75, 3.05) is 11.1 Å². The first-order valence-corrected chi connectivity index (χ1v) is 10.1. The van der Waals surface area contributed by atoms with Gasteiger partial charge in [0.05, 0.1) is 10.5 Å². The highest BCUT2D eigenvalue weighted by molar-refractivity contribution is 7.90. The number of ether oxygens (including phenoxy) is 1. The van der Waals surface area contributed by atoms with Gasteiger partial charge in [0.25, 0.3) is 15.9 Å². The summed E-state index contributed by atoms with van der Waals surface area (Å²) in [6, 6.07) is 11.4. The van der Waals surface area contributed by atoms with E-state index >= 15 is 0 Å². The summed E-state index contributed by atoms with van der Waals surface area (Å²) in [7, 11) is -3.97. The summed E-state index contributed by atoms with van der Waals surface area (Å²) in [5.41, 5.74) is 6.56. The fraction of sp³-hybridized carbons (Fsp3) is 0.211. The van der Waals surface area contributed by atoms with E-state index in [4.69, 9.17) is 10.5 Å². The van der Waals surface area contributed by atoms with Gasteiger partial charge in [0.1, 0.15) is 0 Å². The van der Waals surface area contributed by atoms with Crippen LogP contribution in [0, 0.1) is 0 Å². The van der Waals surface area contributed by atoms with Gasteiger partial charge in [-0.1, -0.05) is 13.0 Å². The van der Waals surface area contributed by atoms with Crippen LogP contribution in [0.5, 0.6) is 0 Å². The molecule has 0 spiro atoms. The average molecular weight is 419 g/mol. The third kappa shape index (κ3) is 6.04. The molecule has 0 saturated carbocycles. The average Bonchev–Trinajstić information content (AvgIpc) is 2.65. The Morgan fingerprint density at radius 1 is 1.10 bits per heavy atom. The standard InChI is InChI=1S/C19H21N3O6S/c1-3-17(28-19(25)13-5-4-6-14(20)11-13)18(24)21-15-7-9-16(10-8-15)29(26,27)22-12(2)23/h4-11,17H,3,20H2,1-2H3,(H,21,24)(H,22,23). The van der Waals surface area contributed by atoms with Gasteiger partial charge in [-0.2, -0.15) is 0 Å². The van der Waals surface area contributed by atoms with E-state index < -0.39 is 33.9 Å². The molecule has 4 N–H and O–H groups in total. The van der Waals surface area contributed by atoms with E-state index in [-0.39, 0.29) is 16.9 Å². The normalized spacial score (nSPS) is 11.9. The predicted molar refractivity (Wildman–Crippen MR) is 106 cm³/mol.